The van der Waals surface area contributed by atoms with Gasteiger partial charge in [0.15, 0.2) is 0 Å². The molecule has 0 aliphatic heterocycles. The maximum Gasteiger partial charge on any atom is 0.322 e. The van der Waals surface area contributed by atoms with E-state index >= 15 is 0 Å². The molecule has 1 amide bonds. The summed E-state index contributed by atoms with van der Waals surface area (Å²) in [7, 11) is 0. The monoisotopic (exact) mass is 407 g/mol. The van der Waals surface area contributed by atoms with Gasteiger partial charge in [-0.25, -0.2) is 0 Å². The Morgan fingerprint density at radius 2 is 1.66 bits per heavy atom. The van der Waals surface area contributed by atoms with Crippen LogP contribution >= 0.6 is 11.8 Å². The molecule has 0 atom stereocenters. The van der Waals surface area contributed by atoms with Gasteiger partial charge in [-0.2, -0.15) is 0 Å². The number of benzene rings is 2. The fraction of sp³-hybridized carbons (Fsp3) is 0.150. The Morgan fingerprint density at radius 3 is 2.45 bits per heavy atom. The van der Waals surface area contributed by atoms with E-state index in [1.807, 2.05) is 62.4 Å². The van der Waals surface area contributed by atoms with E-state index in [2.05, 4.69) is 25.7 Å². The van der Waals surface area contributed by atoms with E-state index in [9.17, 15) is 4.79 Å². The first-order valence-electron chi connectivity index (χ1n) is 8.81. The van der Waals surface area contributed by atoms with Crippen molar-refractivity contribution in [2.75, 3.05) is 11.1 Å². The lowest BCUT2D eigenvalue weighted by Crippen LogP contribution is -2.14. The molecule has 0 unspecified atom stereocenters. The van der Waals surface area contributed by atoms with Crippen LogP contribution < -0.4 is 5.32 Å². The van der Waals surface area contributed by atoms with Gasteiger partial charge in [-0.15, -0.1) is 15.3 Å². The second kappa shape index (κ2) is 8.27. The van der Waals surface area contributed by atoms with Crippen molar-refractivity contribution in [1.29, 1.82) is 0 Å². The molecule has 4 rings (SSSR count). The molecule has 0 bridgehead atoms. The van der Waals surface area contributed by atoms with Crippen LogP contribution in [0.25, 0.3) is 22.9 Å². The van der Waals surface area contributed by atoms with E-state index in [1.165, 1.54) is 5.56 Å². The minimum atomic E-state index is -0.316. The van der Waals surface area contributed by atoms with Crippen molar-refractivity contribution in [2.24, 2.45) is 0 Å². The van der Waals surface area contributed by atoms with Crippen LogP contribution in [-0.4, -0.2) is 32.1 Å². The third-order valence-corrected chi connectivity index (χ3v) is 5.00. The third kappa shape index (κ3) is 4.52. The largest absolute Gasteiger partial charge is 0.411 e. The van der Waals surface area contributed by atoms with E-state index in [-0.39, 0.29) is 17.7 Å². The van der Waals surface area contributed by atoms with Gasteiger partial charge in [-0.3, -0.25) is 10.1 Å². The molecule has 0 radical (unpaired) electrons. The lowest BCUT2D eigenvalue weighted by atomic mass is 10.1. The highest BCUT2D eigenvalue weighted by Crippen LogP contribution is 2.25. The molecular weight excluding hydrogens is 390 g/mol. The van der Waals surface area contributed by atoms with Crippen LogP contribution in [0.1, 0.15) is 11.1 Å². The number of thioether (sulfide) groups is 1. The first-order valence-corrected chi connectivity index (χ1v) is 9.80. The zero-order chi connectivity index (χ0) is 20.2. The molecule has 0 saturated carbocycles. The smallest absolute Gasteiger partial charge is 0.322 e. The van der Waals surface area contributed by atoms with Crippen LogP contribution in [-0.2, 0) is 4.79 Å². The van der Waals surface area contributed by atoms with Gasteiger partial charge >= 0.3 is 6.01 Å². The predicted molar refractivity (Wildman–Crippen MR) is 108 cm³/mol. The number of amides is 1. The van der Waals surface area contributed by atoms with Crippen molar-refractivity contribution in [3.05, 3.63) is 59.7 Å². The average molecular weight is 407 g/mol. The van der Waals surface area contributed by atoms with Gasteiger partial charge in [0, 0.05) is 11.1 Å². The number of rotatable bonds is 6. The molecule has 146 valence electrons. The molecule has 0 spiro atoms. The quantitative estimate of drug-likeness (QED) is 0.475. The van der Waals surface area contributed by atoms with Gasteiger partial charge in [0.1, 0.15) is 0 Å². The summed E-state index contributed by atoms with van der Waals surface area (Å²) in [6.07, 6.45) is 0. The van der Waals surface area contributed by atoms with Crippen LogP contribution in [0, 0.1) is 13.8 Å². The second-order valence-electron chi connectivity index (χ2n) is 6.29. The fourth-order valence-corrected chi connectivity index (χ4v) is 3.08. The summed E-state index contributed by atoms with van der Waals surface area (Å²) in [5.74, 6) is 0.505. The van der Waals surface area contributed by atoms with Crippen LogP contribution in [0.2, 0.25) is 0 Å². The van der Waals surface area contributed by atoms with Crippen molar-refractivity contribution in [3.63, 3.8) is 0 Å². The molecule has 2 heterocycles. The van der Waals surface area contributed by atoms with Crippen LogP contribution in [0.5, 0.6) is 0 Å². The Balaban J connectivity index is 1.34. The highest BCUT2D eigenvalue weighted by molar-refractivity contribution is 7.99. The molecule has 0 aliphatic rings. The molecule has 9 heteroatoms. The summed E-state index contributed by atoms with van der Waals surface area (Å²) >= 11 is 1.13. The summed E-state index contributed by atoms with van der Waals surface area (Å²) < 4.78 is 11.1. The van der Waals surface area contributed by atoms with E-state index < -0.39 is 0 Å². The predicted octanol–water partition coefficient (Wildman–Crippen LogP) is 4.13. The number of nitrogens with zero attached hydrogens (tertiary/aromatic N) is 4. The molecule has 0 aliphatic carbocycles. The van der Waals surface area contributed by atoms with Gasteiger partial charge in [0.2, 0.25) is 17.7 Å². The summed E-state index contributed by atoms with van der Waals surface area (Å²) in [4.78, 5) is 12.1. The topological polar surface area (TPSA) is 107 Å². The molecule has 0 fully saturated rings. The summed E-state index contributed by atoms with van der Waals surface area (Å²) in [5, 5.41) is 18.7. The highest BCUT2D eigenvalue weighted by atomic mass is 32.2. The maximum atomic E-state index is 12.1. The molecule has 1 N–H and O–H groups in total. The summed E-state index contributed by atoms with van der Waals surface area (Å²) in [6.45, 7) is 4.06. The zero-order valence-electron chi connectivity index (χ0n) is 15.7. The number of nitrogens with one attached hydrogen (secondary N) is 1. The van der Waals surface area contributed by atoms with Crippen molar-refractivity contribution in [2.45, 2.75) is 19.1 Å². The van der Waals surface area contributed by atoms with Crippen LogP contribution in [0.15, 0.2) is 62.6 Å². The van der Waals surface area contributed by atoms with Gasteiger partial charge in [0.25, 0.3) is 5.22 Å². The van der Waals surface area contributed by atoms with Gasteiger partial charge < -0.3 is 8.83 Å². The standard InChI is InChI=1S/C20H17N5O3S/c1-12-8-9-15(10-13(12)2)18-23-25-20(28-18)29-11-16(26)21-19-24-22-17(27-19)14-6-4-3-5-7-14/h3-10H,11H2,1-2H3,(H,21,24,26). The number of anilines is 1. The van der Waals surface area contributed by atoms with Gasteiger partial charge in [0.05, 0.1) is 5.75 Å². The van der Waals surface area contributed by atoms with Crippen molar-refractivity contribution >= 4 is 23.7 Å². The maximum absolute atomic E-state index is 12.1. The van der Waals surface area contributed by atoms with E-state index in [4.69, 9.17) is 8.83 Å². The Hall–Kier alpha value is -3.46. The molecule has 8 nitrogen and oxygen atoms in total. The molecule has 0 saturated heterocycles. The Kier molecular flexibility index (Phi) is 5.39. The first kappa shape index (κ1) is 18.9. The Morgan fingerprint density at radius 1 is 0.897 bits per heavy atom. The average Bonchev–Trinajstić information content (AvgIpc) is 3.39. The van der Waals surface area contributed by atoms with E-state index in [0.29, 0.717) is 17.0 Å². The Bertz CT molecular complexity index is 1140. The highest BCUT2D eigenvalue weighted by Gasteiger charge is 2.14. The lowest BCUT2D eigenvalue weighted by Gasteiger charge is -2.01. The molecule has 29 heavy (non-hydrogen) atoms. The van der Waals surface area contributed by atoms with Gasteiger partial charge in [-0.05, 0) is 49.2 Å². The number of hydrogen-bond donors (Lipinski definition) is 1. The second-order valence-corrected chi connectivity index (χ2v) is 7.21. The number of carbonyl (C=O) groups excluding carboxylic acids is 1. The summed E-state index contributed by atoms with van der Waals surface area (Å²) in [6, 6.07) is 15.3. The van der Waals surface area contributed by atoms with Crippen molar-refractivity contribution < 1.29 is 13.6 Å². The SMILES string of the molecule is Cc1ccc(-c2nnc(SCC(=O)Nc3nnc(-c4ccccc4)o3)o2)cc1C. The minimum absolute atomic E-state index is 0.0378. The van der Waals surface area contributed by atoms with Crippen molar-refractivity contribution in [3.8, 4) is 22.9 Å². The molecule has 2 aromatic carbocycles. The van der Waals surface area contributed by atoms with Crippen LogP contribution in [0.3, 0.4) is 0 Å². The lowest BCUT2D eigenvalue weighted by molar-refractivity contribution is -0.113. The molecule has 4 aromatic rings. The first-order chi connectivity index (χ1) is 14.1. The van der Waals surface area contributed by atoms with E-state index in [0.717, 1.165) is 28.5 Å². The molecule has 2 aromatic heterocycles. The van der Waals surface area contributed by atoms with Crippen LogP contribution in [0.4, 0.5) is 6.01 Å². The van der Waals surface area contributed by atoms with Gasteiger partial charge in [-0.1, -0.05) is 41.1 Å². The fourth-order valence-electron chi connectivity index (χ4n) is 2.51. The number of carbonyl (C=O) groups is 1. The number of aryl methyl sites for hydroxylation is 2. The Labute approximate surface area is 170 Å². The molecular formula is C20H17N5O3S. The number of aromatic nitrogens is 4. The van der Waals surface area contributed by atoms with Crippen molar-refractivity contribution in [1.82, 2.24) is 20.4 Å². The summed E-state index contributed by atoms with van der Waals surface area (Å²) in [5.41, 5.74) is 3.95. The third-order valence-electron chi connectivity index (χ3n) is 4.18. The normalized spacial score (nSPS) is 10.8. The van der Waals surface area contributed by atoms with E-state index in [1.54, 1.807) is 0 Å². The minimum Gasteiger partial charge on any atom is -0.411 e. The number of hydrogen-bond acceptors (Lipinski definition) is 8. The zero-order valence-corrected chi connectivity index (χ0v) is 16.6.